The number of hydrogen-bond donors (Lipinski definition) is 2. The van der Waals surface area contributed by atoms with Crippen molar-refractivity contribution in [3.8, 4) is 5.69 Å². The van der Waals surface area contributed by atoms with E-state index in [4.69, 9.17) is 4.42 Å². The Morgan fingerprint density at radius 3 is 2.76 bits per heavy atom. The maximum absolute atomic E-state index is 11.9. The number of imide groups is 1. The average Bonchev–Trinajstić information content (AvgIpc) is 3.30. The molecule has 0 aliphatic carbocycles. The SMILES string of the molecule is O=C(CSc1nncn1-c1ccccc1)NC(=O)NCc1ccco1. The normalized spacial score (nSPS) is 10.4. The topological polar surface area (TPSA) is 102 Å². The van der Waals surface area contributed by atoms with Gasteiger partial charge in [-0.1, -0.05) is 30.0 Å². The molecule has 128 valence electrons. The first-order chi connectivity index (χ1) is 12.2. The van der Waals surface area contributed by atoms with Gasteiger partial charge < -0.3 is 9.73 Å². The summed E-state index contributed by atoms with van der Waals surface area (Å²) in [5, 5.41) is 13.2. The highest BCUT2D eigenvalue weighted by molar-refractivity contribution is 7.99. The van der Waals surface area contributed by atoms with Crippen LogP contribution in [0.4, 0.5) is 4.79 Å². The predicted molar refractivity (Wildman–Crippen MR) is 91.2 cm³/mol. The third kappa shape index (κ3) is 4.70. The Labute approximate surface area is 147 Å². The fourth-order valence-corrected chi connectivity index (χ4v) is 2.73. The lowest BCUT2D eigenvalue weighted by Gasteiger charge is -2.07. The van der Waals surface area contributed by atoms with Crippen LogP contribution in [0.15, 0.2) is 64.6 Å². The molecule has 1 aromatic carbocycles. The Kier molecular flexibility index (Phi) is 5.47. The summed E-state index contributed by atoms with van der Waals surface area (Å²) in [6.07, 6.45) is 3.09. The Morgan fingerprint density at radius 2 is 2.00 bits per heavy atom. The lowest BCUT2D eigenvalue weighted by molar-refractivity contribution is -0.117. The minimum atomic E-state index is -0.577. The largest absolute Gasteiger partial charge is 0.467 e. The van der Waals surface area contributed by atoms with Crippen molar-refractivity contribution in [2.45, 2.75) is 11.7 Å². The standard InChI is InChI=1S/C16H15N5O3S/c22-14(19-15(23)17-9-13-7-4-8-24-13)10-25-16-20-18-11-21(16)12-5-2-1-3-6-12/h1-8,11H,9-10H2,(H2,17,19,22,23). The van der Waals surface area contributed by atoms with E-state index in [0.29, 0.717) is 10.9 Å². The summed E-state index contributed by atoms with van der Waals surface area (Å²) in [5.41, 5.74) is 0.895. The van der Waals surface area contributed by atoms with E-state index in [1.807, 2.05) is 30.3 Å². The van der Waals surface area contributed by atoms with Crippen LogP contribution in [0, 0.1) is 0 Å². The summed E-state index contributed by atoms with van der Waals surface area (Å²) in [6, 6.07) is 12.4. The van der Waals surface area contributed by atoms with E-state index in [1.54, 1.807) is 23.0 Å². The Hall–Kier alpha value is -3.07. The molecule has 0 unspecified atom stereocenters. The number of amides is 3. The maximum atomic E-state index is 11.9. The van der Waals surface area contributed by atoms with Gasteiger partial charge in [0.2, 0.25) is 5.91 Å². The van der Waals surface area contributed by atoms with Gasteiger partial charge in [0.1, 0.15) is 12.1 Å². The molecule has 2 heterocycles. The van der Waals surface area contributed by atoms with Crippen LogP contribution in [0.2, 0.25) is 0 Å². The van der Waals surface area contributed by atoms with Crippen molar-refractivity contribution >= 4 is 23.7 Å². The molecule has 3 rings (SSSR count). The molecule has 2 aromatic heterocycles. The minimum Gasteiger partial charge on any atom is -0.467 e. The molecular formula is C16H15N5O3S. The fourth-order valence-electron chi connectivity index (χ4n) is 2.01. The molecule has 0 spiro atoms. The second kappa shape index (κ2) is 8.15. The van der Waals surface area contributed by atoms with Crippen molar-refractivity contribution in [2.75, 3.05) is 5.75 Å². The van der Waals surface area contributed by atoms with Gasteiger partial charge >= 0.3 is 6.03 Å². The maximum Gasteiger partial charge on any atom is 0.321 e. The second-order valence-corrected chi connectivity index (χ2v) is 5.86. The van der Waals surface area contributed by atoms with E-state index >= 15 is 0 Å². The van der Waals surface area contributed by atoms with Gasteiger partial charge in [-0.15, -0.1) is 10.2 Å². The number of nitrogens with zero attached hydrogens (tertiary/aromatic N) is 3. The summed E-state index contributed by atoms with van der Waals surface area (Å²) in [7, 11) is 0. The van der Waals surface area contributed by atoms with E-state index in [9.17, 15) is 9.59 Å². The summed E-state index contributed by atoms with van der Waals surface area (Å²) in [5.74, 6) is 0.220. The molecule has 0 atom stereocenters. The van der Waals surface area contributed by atoms with Gasteiger partial charge in [-0.25, -0.2) is 4.79 Å². The number of hydrogen-bond acceptors (Lipinski definition) is 6. The van der Waals surface area contributed by atoms with Crippen molar-refractivity contribution in [1.29, 1.82) is 0 Å². The zero-order valence-corrected chi connectivity index (χ0v) is 13.9. The van der Waals surface area contributed by atoms with Crippen molar-refractivity contribution in [3.05, 3.63) is 60.8 Å². The van der Waals surface area contributed by atoms with Crippen LogP contribution in [0.1, 0.15) is 5.76 Å². The lowest BCUT2D eigenvalue weighted by atomic mass is 10.3. The van der Waals surface area contributed by atoms with Crippen molar-refractivity contribution in [1.82, 2.24) is 25.4 Å². The summed E-state index contributed by atoms with van der Waals surface area (Å²) >= 11 is 1.19. The first-order valence-electron chi connectivity index (χ1n) is 7.40. The number of urea groups is 1. The first-order valence-corrected chi connectivity index (χ1v) is 8.39. The van der Waals surface area contributed by atoms with Crippen molar-refractivity contribution < 1.29 is 14.0 Å². The highest BCUT2D eigenvalue weighted by Gasteiger charge is 2.12. The van der Waals surface area contributed by atoms with Crippen LogP contribution in [0.3, 0.4) is 0 Å². The molecule has 3 aromatic rings. The molecule has 0 saturated heterocycles. The number of rotatable bonds is 6. The van der Waals surface area contributed by atoms with Gasteiger partial charge in [0, 0.05) is 5.69 Å². The van der Waals surface area contributed by atoms with Crippen LogP contribution in [-0.2, 0) is 11.3 Å². The number of para-hydroxylation sites is 1. The number of furan rings is 1. The smallest absolute Gasteiger partial charge is 0.321 e. The molecule has 25 heavy (non-hydrogen) atoms. The molecule has 0 aliphatic rings. The molecule has 9 heteroatoms. The minimum absolute atomic E-state index is 0.0414. The third-order valence-corrected chi connectivity index (χ3v) is 4.08. The molecule has 2 N–H and O–H groups in total. The number of thioether (sulfide) groups is 1. The van der Waals surface area contributed by atoms with Gasteiger partial charge in [-0.05, 0) is 24.3 Å². The van der Waals surface area contributed by atoms with Crippen LogP contribution < -0.4 is 10.6 Å². The highest BCUT2D eigenvalue weighted by Crippen LogP contribution is 2.18. The molecule has 0 radical (unpaired) electrons. The molecular weight excluding hydrogens is 342 g/mol. The number of carbonyl (C=O) groups is 2. The monoisotopic (exact) mass is 357 g/mol. The number of carbonyl (C=O) groups excluding carboxylic acids is 2. The number of benzene rings is 1. The molecule has 0 fully saturated rings. The van der Waals surface area contributed by atoms with E-state index in [2.05, 4.69) is 20.8 Å². The zero-order chi connectivity index (χ0) is 17.5. The molecule has 0 aliphatic heterocycles. The second-order valence-electron chi connectivity index (χ2n) is 4.92. The van der Waals surface area contributed by atoms with Gasteiger partial charge in [0.05, 0.1) is 18.6 Å². The van der Waals surface area contributed by atoms with Gasteiger partial charge in [0.25, 0.3) is 0 Å². The fraction of sp³-hybridized carbons (Fsp3) is 0.125. The molecule has 3 amide bonds. The first kappa shape index (κ1) is 16.8. The van der Waals surface area contributed by atoms with Crippen LogP contribution in [0.25, 0.3) is 5.69 Å². The zero-order valence-electron chi connectivity index (χ0n) is 13.1. The van der Waals surface area contributed by atoms with Gasteiger partial charge in [-0.3, -0.25) is 14.7 Å². The van der Waals surface area contributed by atoms with E-state index < -0.39 is 11.9 Å². The summed E-state index contributed by atoms with van der Waals surface area (Å²) < 4.78 is 6.86. The average molecular weight is 357 g/mol. The highest BCUT2D eigenvalue weighted by atomic mass is 32.2. The van der Waals surface area contributed by atoms with Crippen molar-refractivity contribution in [2.24, 2.45) is 0 Å². The Morgan fingerprint density at radius 1 is 1.16 bits per heavy atom. The van der Waals surface area contributed by atoms with Crippen LogP contribution >= 0.6 is 11.8 Å². The number of aromatic nitrogens is 3. The lowest BCUT2D eigenvalue weighted by Crippen LogP contribution is -2.39. The van der Waals surface area contributed by atoms with E-state index in [0.717, 1.165) is 5.69 Å². The predicted octanol–water partition coefficient (Wildman–Crippen LogP) is 1.98. The van der Waals surface area contributed by atoms with Crippen LogP contribution in [-0.4, -0.2) is 32.5 Å². The van der Waals surface area contributed by atoms with Gasteiger partial charge in [-0.2, -0.15) is 0 Å². The Balaban J connectivity index is 1.48. The molecule has 8 nitrogen and oxygen atoms in total. The summed E-state index contributed by atoms with van der Waals surface area (Å²) in [4.78, 5) is 23.6. The molecule has 0 saturated carbocycles. The van der Waals surface area contributed by atoms with E-state index in [-0.39, 0.29) is 12.3 Å². The quantitative estimate of drug-likeness (QED) is 0.654. The van der Waals surface area contributed by atoms with Crippen LogP contribution in [0.5, 0.6) is 0 Å². The van der Waals surface area contributed by atoms with Crippen molar-refractivity contribution in [3.63, 3.8) is 0 Å². The Bertz CT molecular complexity index is 833. The number of nitrogens with one attached hydrogen (secondary N) is 2. The molecule has 0 bridgehead atoms. The summed E-state index contributed by atoms with van der Waals surface area (Å²) in [6.45, 7) is 0.210. The van der Waals surface area contributed by atoms with Gasteiger partial charge in [0.15, 0.2) is 5.16 Å². The third-order valence-electron chi connectivity index (χ3n) is 3.14. The van der Waals surface area contributed by atoms with E-state index in [1.165, 1.54) is 18.0 Å².